The Balaban J connectivity index is 2.57. The van der Waals surface area contributed by atoms with Crippen LogP contribution in [-0.2, 0) is 17.9 Å². The molecule has 0 fully saturated rings. The second kappa shape index (κ2) is 6.20. The second-order valence-corrected chi connectivity index (χ2v) is 11.6. The highest BCUT2D eigenvalue weighted by atomic mass is 28.4. The van der Waals surface area contributed by atoms with Gasteiger partial charge in [-0.25, -0.2) is 4.98 Å². The molecule has 0 saturated heterocycles. The number of aliphatic hydroxyl groups excluding tert-OH is 1. The number of imidazole rings is 1. The summed E-state index contributed by atoms with van der Waals surface area (Å²) in [5.41, 5.74) is 1.14. The molecule has 1 heterocycles. The van der Waals surface area contributed by atoms with Crippen molar-refractivity contribution in [2.24, 2.45) is 13.0 Å². The van der Waals surface area contributed by atoms with E-state index in [1.54, 1.807) is 6.33 Å². The first kappa shape index (κ1) is 16.4. The van der Waals surface area contributed by atoms with Gasteiger partial charge in [-0.2, -0.15) is 0 Å². The quantitative estimate of drug-likeness (QED) is 0.817. The van der Waals surface area contributed by atoms with E-state index in [0.717, 1.165) is 12.1 Å². The largest absolute Gasteiger partial charge is 0.416 e. The fourth-order valence-electron chi connectivity index (χ4n) is 1.60. The molecule has 0 amide bonds. The third kappa shape index (κ3) is 4.44. The fraction of sp³-hybridized carbons (Fsp3) is 0.786. The molecule has 1 N–H and O–H groups in total. The Bertz CT molecular complexity index is 396. The number of rotatable bonds is 6. The Morgan fingerprint density at radius 2 is 2.05 bits per heavy atom. The molecule has 1 rings (SSSR count). The van der Waals surface area contributed by atoms with Crippen molar-refractivity contribution in [3.63, 3.8) is 0 Å². The molecular weight excluding hydrogens is 256 g/mol. The summed E-state index contributed by atoms with van der Waals surface area (Å²) in [4.78, 5) is 4.11. The number of aromatic nitrogens is 2. The van der Waals surface area contributed by atoms with Gasteiger partial charge in [0.25, 0.3) is 0 Å². The molecule has 1 unspecified atom stereocenters. The Morgan fingerprint density at radius 1 is 1.42 bits per heavy atom. The lowest BCUT2D eigenvalue weighted by atomic mass is 10.1. The molecule has 1 aromatic rings. The first-order valence-corrected chi connectivity index (χ1v) is 9.78. The molecule has 0 bridgehead atoms. The van der Waals surface area contributed by atoms with Gasteiger partial charge in [0.15, 0.2) is 8.32 Å². The summed E-state index contributed by atoms with van der Waals surface area (Å²) in [5.74, 6) is 0.143. The Morgan fingerprint density at radius 3 is 2.47 bits per heavy atom. The van der Waals surface area contributed by atoms with Crippen molar-refractivity contribution in [3.8, 4) is 0 Å². The molecule has 0 aromatic carbocycles. The molecule has 4 nitrogen and oxygen atoms in total. The van der Waals surface area contributed by atoms with Crippen molar-refractivity contribution >= 4 is 8.32 Å². The normalized spacial score (nSPS) is 14.7. The maximum atomic E-state index is 9.52. The molecule has 0 spiro atoms. The van der Waals surface area contributed by atoms with Crippen LogP contribution in [0.2, 0.25) is 18.1 Å². The van der Waals surface area contributed by atoms with Crippen LogP contribution in [0.15, 0.2) is 12.5 Å². The van der Waals surface area contributed by atoms with Gasteiger partial charge in [0, 0.05) is 38.1 Å². The molecule has 19 heavy (non-hydrogen) atoms. The lowest BCUT2D eigenvalue weighted by molar-refractivity contribution is 0.152. The molecule has 0 aliphatic carbocycles. The molecule has 0 radical (unpaired) electrons. The fourth-order valence-corrected chi connectivity index (χ4v) is 2.68. The monoisotopic (exact) mass is 284 g/mol. The zero-order valence-electron chi connectivity index (χ0n) is 13.1. The van der Waals surface area contributed by atoms with E-state index in [0.29, 0.717) is 6.61 Å². The summed E-state index contributed by atoms with van der Waals surface area (Å²) in [5, 5.41) is 9.73. The highest BCUT2D eigenvalue weighted by molar-refractivity contribution is 6.74. The van der Waals surface area contributed by atoms with Crippen LogP contribution in [0, 0.1) is 5.92 Å². The summed E-state index contributed by atoms with van der Waals surface area (Å²) < 4.78 is 8.18. The first-order valence-electron chi connectivity index (χ1n) is 6.87. The SMILES string of the molecule is Cn1cncc1CC(CO)CO[Si](C)(C)C(C)(C)C. The van der Waals surface area contributed by atoms with Crippen LogP contribution >= 0.6 is 0 Å². The van der Waals surface area contributed by atoms with Gasteiger partial charge in [0.2, 0.25) is 0 Å². The van der Waals surface area contributed by atoms with Gasteiger partial charge in [-0.15, -0.1) is 0 Å². The molecular formula is C14H28N2O2Si. The predicted molar refractivity (Wildman–Crippen MR) is 80.6 cm³/mol. The third-order valence-corrected chi connectivity index (χ3v) is 8.66. The predicted octanol–water partition coefficient (Wildman–Crippen LogP) is 2.59. The minimum absolute atomic E-state index is 0.143. The van der Waals surface area contributed by atoms with Gasteiger partial charge in [-0.05, 0) is 24.6 Å². The van der Waals surface area contributed by atoms with Gasteiger partial charge < -0.3 is 14.1 Å². The van der Waals surface area contributed by atoms with Crippen LogP contribution in [0.4, 0.5) is 0 Å². The number of hydrogen-bond donors (Lipinski definition) is 1. The summed E-state index contributed by atoms with van der Waals surface area (Å²) in [7, 11) is 0.245. The van der Waals surface area contributed by atoms with E-state index in [1.807, 2.05) is 17.8 Å². The highest BCUT2D eigenvalue weighted by Gasteiger charge is 2.37. The van der Waals surface area contributed by atoms with Crippen molar-refractivity contribution in [1.82, 2.24) is 9.55 Å². The van der Waals surface area contributed by atoms with Crippen molar-refractivity contribution < 1.29 is 9.53 Å². The van der Waals surface area contributed by atoms with E-state index in [2.05, 4.69) is 38.8 Å². The van der Waals surface area contributed by atoms with Crippen molar-refractivity contribution in [2.75, 3.05) is 13.2 Å². The third-order valence-electron chi connectivity index (χ3n) is 4.16. The zero-order valence-corrected chi connectivity index (χ0v) is 14.1. The highest BCUT2D eigenvalue weighted by Crippen LogP contribution is 2.36. The summed E-state index contributed by atoms with van der Waals surface area (Å²) in [6.07, 6.45) is 4.45. The standard InChI is InChI=1S/C14H28N2O2Si/c1-14(2,3)19(5,6)18-10-12(9-17)7-13-8-15-11-16(13)4/h8,11-12,17H,7,9-10H2,1-6H3. The van der Waals surface area contributed by atoms with E-state index in [1.165, 1.54) is 0 Å². The average molecular weight is 284 g/mol. The van der Waals surface area contributed by atoms with Gasteiger partial charge in [-0.3, -0.25) is 0 Å². The maximum Gasteiger partial charge on any atom is 0.191 e. The lowest BCUT2D eigenvalue weighted by Crippen LogP contribution is -2.42. The van der Waals surface area contributed by atoms with Gasteiger partial charge >= 0.3 is 0 Å². The van der Waals surface area contributed by atoms with Crippen LogP contribution < -0.4 is 0 Å². The van der Waals surface area contributed by atoms with E-state index in [-0.39, 0.29) is 17.6 Å². The number of nitrogens with zero attached hydrogens (tertiary/aromatic N) is 2. The van der Waals surface area contributed by atoms with Crippen molar-refractivity contribution in [3.05, 3.63) is 18.2 Å². The second-order valence-electron chi connectivity index (χ2n) is 6.82. The minimum Gasteiger partial charge on any atom is -0.416 e. The van der Waals surface area contributed by atoms with Crippen LogP contribution in [-0.4, -0.2) is 36.2 Å². The Kier molecular flexibility index (Phi) is 5.35. The lowest BCUT2D eigenvalue weighted by Gasteiger charge is -2.37. The van der Waals surface area contributed by atoms with Gasteiger partial charge in [0.1, 0.15) is 0 Å². The van der Waals surface area contributed by atoms with Crippen molar-refractivity contribution in [1.29, 1.82) is 0 Å². The zero-order chi connectivity index (χ0) is 14.7. The first-order chi connectivity index (χ1) is 8.67. The van der Waals surface area contributed by atoms with Gasteiger partial charge in [0.05, 0.1) is 6.33 Å². The molecule has 0 aliphatic heterocycles. The summed E-state index contributed by atoms with van der Waals surface area (Å²) in [6, 6.07) is 0. The van der Waals surface area contributed by atoms with E-state index >= 15 is 0 Å². The van der Waals surface area contributed by atoms with Crippen LogP contribution in [0.3, 0.4) is 0 Å². The van der Waals surface area contributed by atoms with Crippen LogP contribution in [0.5, 0.6) is 0 Å². The molecule has 1 aromatic heterocycles. The molecule has 1 atom stereocenters. The maximum absolute atomic E-state index is 9.52. The average Bonchev–Trinajstić information content (AvgIpc) is 2.68. The Labute approximate surface area is 117 Å². The number of hydrogen-bond acceptors (Lipinski definition) is 3. The van der Waals surface area contributed by atoms with E-state index in [4.69, 9.17) is 4.43 Å². The smallest absolute Gasteiger partial charge is 0.191 e. The topological polar surface area (TPSA) is 47.3 Å². The van der Waals surface area contributed by atoms with E-state index in [9.17, 15) is 5.11 Å². The Hall–Kier alpha value is -0.653. The molecule has 5 heteroatoms. The van der Waals surface area contributed by atoms with Crippen molar-refractivity contribution in [2.45, 2.75) is 45.3 Å². The van der Waals surface area contributed by atoms with E-state index < -0.39 is 8.32 Å². The molecule has 110 valence electrons. The van der Waals surface area contributed by atoms with Gasteiger partial charge in [-0.1, -0.05) is 20.8 Å². The number of aryl methyl sites for hydroxylation is 1. The van der Waals surface area contributed by atoms with Crippen LogP contribution in [0.1, 0.15) is 26.5 Å². The summed E-state index contributed by atoms with van der Waals surface area (Å²) in [6.45, 7) is 12.0. The molecule has 0 saturated carbocycles. The van der Waals surface area contributed by atoms with Crippen LogP contribution in [0.25, 0.3) is 0 Å². The number of aliphatic hydroxyl groups is 1. The molecule has 0 aliphatic rings. The minimum atomic E-state index is -1.73. The summed E-state index contributed by atoms with van der Waals surface area (Å²) >= 11 is 0.